The van der Waals surface area contributed by atoms with Crippen LogP contribution in [-0.4, -0.2) is 17.7 Å². The van der Waals surface area contributed by atoms with Crippen molar-refractivity contribution in [3.8, 4) is 0 Å². The lowest BCUT2D eigenvalue weighted by Gasteiger charge is -2.33. The molecule has 1 aliphatic heterocycles. The van der Waals surface area contributed by atoms with E-state index in [-0.39, 0.29) is 5.57 Å². The molecule has 0 aromatic heterocycles. The van der Waals surface area contributed by atoms with Crippen molar-refractivity contribution in [2.24, 2.45) is 0 Å². The van der Waals surface area contributed by atoms with Crippen molar-refractivity contribution in [1.29, 1.82) is 0 Å². The molecular formula is C13H20O4. The summed E-state index contributed by atoms with van der Waals surface area (Å²) in [6.45, 7) is 7.08. The minimum Gasteiger partial charge on any atom is -0.419 e. The highest BCUT2D eigenvalue weighted by Crippen LogP contribution is 2.27. The molecule has 0 N–H and O–H groups in total. The van der Waals surface area contributed by atoms with E-state index in [9.17, 15) is 9.59 Å². The van der Waals surface area contributed by atoms with Crippen LogP contribution in [0.3, 0.4) is 0 Å². The lowest BCUT2D eigenvalue weighted by Crippen LogP contribution is -2.43. The zero-order valence-electron chi connectivity index (χ0n) is 10.6. The van der Waals surface area contributed by atoms with E-state index in [1.165, 1.54) is 12.8 Å². The molecule has 0 aromatic rings. The third-order valence-electron chi connectivity index (χ3n) is 2.84. The topological polar surface area (TPSA) is 52.6 Å². The van der Waals surface area contributed by atoms with Crippen LogP contribution in [0.4, 0.5) is 0 Å². The van der Waals surface area contributed by atoms with Crippen molar-refractivity contribution < 1.29 is 19.1 Å². The van der Waals surface area contributed by atoms with Gasteiger partial charge in [-0.15, -0.1) is 0 Å². The summed E-state index contributed by atoms with van der Waals surface area (Å²) in [5.74, 6) is -2.45. The number of carbonyl (C=O) groups excluding carboxylic acids is 2. The number of cyclic esters (lactones) is 2. The second-order valence-corrected chi connectivity index (χ2v) is 4.56. The zero-order valence-corrected chi connectivity index (χ0v) is 10.6. The molecule has 1 fully saturated rings. The van der Waals surface area contributed by atoms with E-state index in [0.717, 1.165) is 19.3 Å². The highest BCUT2D eigenvalue weighted by atomic mass is 16.7. The van der Waals surface area contributed by atoms with Gasteiger partial charge in [-0.05, 0) is 6.42 Å². The third-order valence-corrected chi connectivity index (χ3v) is 2.84. The first kappa shape index (κ1) is 13.7. The maximum absolute atomic E-state index is 11.3. The summed E-state index contributed by atoms with van der Waals surface area (Å²) < 4.78 is 10.2. The number of unbranched alkanes of at least 4 members (excludes halogenated alkanes) is 4. The fourth-order valence-electron chi connectivity index (χ4n) is 1.77. The smallest absolute Gasteiger partial charge is 0.348 e. The molecule has 1 aliphatic rings. The van der Waals surface area contributed by atoms with Crippen LogP contribution < -0.4 is 0 Å². The molecule has 1 saturated heterocycles. The molecule has 0 aliphatic carbocycles. The van der Waals surface area contributed by atoms with Gasteiger partial charge in [0.15, 0.2) is 0 Å². The van der Waals surface area contributed by atoms with Crippen LogP contribution in [0.1, 0.15) is 52.4 Å². The average molecular weight is 240 g/mol. The van der Waals surface area contributed by atoms with Crippen molar-refractivity contribution in [3.05, 3.63) is 12.2 Å². The fourth-order valence-corrected chi connectivity index (χ4v) is 1.77. The summed E-state index contributed by atoms with van der Waals surface area (Å²) in [5, 5.41) is 0. The highest BCUT2D eigenvalue weighted by Gasteiger charge is 2.40. The van der Waals surface area contributed by atoms with E-state index in [1.54, 1.807) is 6.92 Å². The van der Waals surface area contributed by atoms with Gasteiger partial charge in [-0.2, -0.15) is 0 Å². The van der Waals surface area contributed by atoms with Crippen LogP contribution in [0.2, 0.25) is 0 Å². The number of hydrogen-bond acceptors (Lipinski definition) is 4. The Kier molecular flexibility index (Phi) is 4.73. The highest BCUT2D eigenvalue weighted by molar-refractivity contribution is 6.14. The molecule has 4 heteroatoms. The Hall–Kier alpha value is -1.32. The van der Waals surface area contributed by atoms with E-state index in [1.807, 2.05) is 0 Å². The van der Waals surface area contributed by atoms with Crippen LogP contribution >= 0.6 is 0 Å². The van der Waals surface area contributed by atoms with Gasteiger partial charge in [0.1, 0.15) is 5.57 Å². The molecule has 0 bridgehead atoms. The van der Waals surface area contributed by atoms with Crippen LogP contribution in [0.25, 0.3) is 0 Å². The first-order valence-corrected chi connectivity index (χ1v) is 6.14. The molecule has 1 heterocycles. The number of hydrogen-bond donors (Lipinski definition) is 0. The zero-order chi connectivity index (χ0) is 12.9. The molecule has 0 atom stereocenters. The van der Waals surface area contributed by atoms with E-state index >= 15 is 0 Å². The Bertz CT molecular complexity index is 299. The second kappa shape index (κ2) is 5.84. The molecule has 17 heavy (non-hydrogen) atoms. The van der Waals surface area contributed by atoms with E-state index in [4.69, 9.17) is 9.47 Å². The summed E-state index contributed by atoms with van der Waals surface area (Å²) in [6.07, 6.45) is 6.01. The van der Waals surface area contributed by atoms with Crippen molar-refractivity contribution >= 4 is 11.9 Å². The van der Waals surface area contributed by atoms with Gasteiger partial charge in [-0.1, -0.05) is 39.2 Å². The van der Waals surface area contributed by atoms with Gasteiger partial charge in [-0.25, -0.2) is 9.59 Å². The summed E-state index contributed by atoms with van der Waals surface area (Å²) >= 11 is 0. The van der Waals surface area contributed by atoms with Crippen molar-refractivity contribution in [1.82, 2.24) is 0 Å². The lowest BCUT2D eigenvalue weighted by molar-refractivity contribution is -0.231. The standard InChI is InChI=1S/C13H20O4/c1-4-5-6-7-8-9-13(3)16-11(14)10(2)12(15)17-13/h2,4-9H2,1,3H3. The van der Waals surface area contributed by atoms with Gasteiger partial charge in [0.05, 0.1) is 0 Å². The summed E-state index contributed by atoms with van der Waals surface area (Å²) in [7, 11) is 0. The van der Waals surface area contributed by atoms with E-state index in [0.29, 0.717) is 6.42 Å². The summed E-state index contributed by atoms with van der Waals surface area (Å²) in [5.41, 5.74) is -0.228. The normalized spacial score (nSPS) is 18.8. The fraction of sp³-hybridized carbons (Fsp3) is 0.692. The quantitative estimate of drug-likeness (QED) is 0.310. The predicted octanol–water partition coefficient (Wildman–Crippen LogP) is 2.72. The minimum absolute atomic E-state index is 0.228. The van der Waals surface area contributed by atoms with E-state index in [2.05, 4.69) is 13.5 Å². The largest absolute Gasteiger partial charge is 0.419 e. The Labute approximate surface area is 102 Å². The van der Waals surface area contributed by atoms with Gasteiger partial charge < -0.3 is 9.47 Å². The Morgan fingerprint density at radius 2 is 1.59 bits per heavy atom. The Morgan fingerprint density at radius 1 is 1.06 bits per heavy atom. The monoisotopic (exact) mass is 240 g/mol. The van der Waals surface area contributed by atoms with Crippen molar-refractivity contribution in [2.75, 3.05) is 0 Å². The van der Waals surface area contributed by atoms with Crippen LogP contribution in [0.15, 0.2) is 12.2 Å². The van der Waals surface area contributed by atoms with E-state index < -0.39 is 17.7 Å². The molecule has 0 spiro atoms. The third kappa shape index (κ3) is 3.88. The molecule has 96 valence electrons. The Morgan fingerprint density at radius 3 is 2.12 bits per heavy atom. The molecule has 0 aromatic carbocycles. The van der Waals surface area contributed by atoms with Crippen LogP contribution in [0, 0.1) is 0 Å². The van der Waals surface area contributed by atoms with Crippen molar-refractivity contribution in [2.45, 2.75) is 58.2 Å². The van der Waals surface area contributed by atoms with Gasteiger partial charge in [0.2, 0.25) is 0 Å². The van der Waals surface area contributed by atoms with Crippen LogP contribution in [-0.2, 0) is 19.1 Å². The SMILES string of the molecule is C=C1C(=O)OC(C)(CCCCCCC)OC1=O. The van der Waals surface area contributed by atoms with Crippen molar-refractivity contribution in [3.63, 3.8) is 0 Å². The molecule has 1 rings (SSSR count). The molecule has 0 radical (unpaired) electrons. The summed E-state index contributed by atoms with van der Waals surface area (Å²) in [4.78, 5) is 22.7. The predicted molar refractivity (Wildman–Crippen MR) is 63.1 cm³/mol. The molecule has 0 unspecified atom stereocenters. The number of esters is 2. The van der Waals surface area contributed by atoms with Gasteiger partial charge in [0.25, 0.3) is 5.79 Å². The van der Waals surface area contributed by atoms with Crippen LogP contribution in [0.5, 0.6) is 0 Å². The van der Waals surface area contributed by atoms with Gasteiger partial charge in [0, 0.05) is 13.3 Å². The number of carbonyl (C=O) groups is 2. The Balaban J connectivity index is 2.38. The van der Waals surface area contributed by atoms with Gasteiger partial charge in [-0.3, -0.25) is 0 Å². The molecule has 0 amide bonds. The maximum Gasteiger partial charge on any atom is 0.348 e. The first-order chi connectivity index (χ1) is 7.98. The number of rotatable bonds is 6. The second-order valence-electron chi connectivity index (χ2n) is 4.56. The number of ether oxygens (including phenoxy) is 2. The average Bonchev–Trinajstić information content (AvgIpc) is 2.25. The van der Waals surface area contributed by atoms with Gasteiger partial charge >= 0.3 is 11.9 Å². The maximum atomic E-state index is 11.3. The lowest BCUT2D eigenvalue weighted by atomic mass is 10.1. The minimum atomic E-state index is -1.11. The molecule has 0 saturated carbocycles. The first-order valence-electron chi connectivity index (χ1n) is 6.14. The summed E-state index contributed by atoms with van der Waals surface area (Å²) in [6, 6.07) is 0. The molecular weight excluding hydrogens is 220 g/mol. The molecule has 4 nitrogen and oxygen atoms in total.